The van der Waals surface area contributed by atoms with Crippen LogP contribution in [-0.4, -0.2) is 28.3 Å². The molecule has 0 spiro atoms. The van der Waals surface area contributed by atoms with Gasteiger partial charge >= 0.3 is 5.97 Å². The average Bonchev–Trinajstić information content (AvgIpc) is 2.20. The van der Waals surface area contributed by atoms with Crippen LogP contribution in [0.5, 0.6) is 17.2 Å². The van der Waals surface area contributed by atoms with E-state index >= 15 is 0 Å². The molecule has 0 amide bonds. The first-order chi connectivity index (χ1) is 8.24. The number of rotatable bonds is 3. The number of esters is 1. The van der Waals surface area contributed by atoms with Gasteiger partial charge in [0.05, 0.1) is 5.56 Å². The Labute approximate surface area is 104 Å². The zero-order valence-electron chi connectivity index (χ0n) is 10.3. The fourth-order valence-corrected chi connectivity index (χ4v) is 1.22. The quantitative estimate of drug-likeness (QED) is 0.628. The van der Waals surface area contributed by atoms with Crippen molar-refractivity contribution in [3.63, 3.8) is 0 Å². The van der Waals surface area contributed by atoms with Crippen LogP contribution in [0.15, 0.2) is 12.1 Å². The van der Waals surface area contributed by atoms with Crippen LogP contribution in [0.25, 0.3) is 0 Å². The van der Waals surface area contributed by atoms with Crippen molar-refractivity contribution < 1.29 is 29.3 Å². The lowest BCUT2D eigenvalue weighted by Crippen LogP contribution is -2.23. The largest absolute Gasteiger partial charge is 0.504 e. The van der Waals surface area contributed by atoms with Gasteiger partial charge in [-0.1, -0.05) is 0 Å². The number of carbonyl (C=O) groups excluding carboxylic acids is 2. The van der Waals surface area contributed by atoms with Gasteiger partial charge < -0.3 is 19.7 Å². The predicted molar refractivity (Wildman–Crippen MR) is 61.6 cm³/mol. The van der Waals surface area contributed by atoms with Gasteiger partial charge in [-0.05, 0) is 32.9 Å². The Morgan fingerprint density at radius 2 is 1.72 bits per heavy atom. The minimum atomic E-state index is -0.703. The van der Waals surface area contributed by atoms with Crippen LogP contribution in [0.2, 0.25) is 0 Å². The Bertz CT molecular complexity index is 449. The molecule has 1 aromatic carbocycles. The summed E-state index contributed by atoms with van der Waals surface area (Å²) >= 11 is 0. The third kappa shape index (κ3) is 3.38. The topological polar surface area (TPSA) is 93.1 Å². The van der Waals surface area contributed by atoms with E-state index in [1.54, 1.807) is 20.8 Å². The van der Waals surface area contributed by atoms with Gasteiger partial charge in [-0.25, -0.2) is 4.79 Å². The summed E-state index contributed by atoms with van der Waals surface area (Å²) in [5.74, 6) is -2.16. The predicted octanol–water partition coefficient (Wildman–Crippen LogP) is 1.59. The van der Waals surface area contributed by atoms with Crippen LogP contribution in [0.4, 0.5) is 0 Å². The molecule has 0 bridgehead atoms. The van der Waals surface area contributed by atoms with E-state index in [1.807, 2.05) is 0 Å². The highest BCUT2D eigenvalue weighted by Crippen LogP contribution is 2.36. The van der Waals surface area contributed by atoms with E-state index in [1.165, 1.54) is 0 Å². The number of benzene rings is 1. The molecule has 1 rings (SSSR count). The molecule has 0 fully saturated rings. The van der Waals surface area contributed by atoms with Crippen LogP contribution in [0, 0.1) is 0 Å². The highest BCUT2D eigenvalue weighted by Gasteiger charge is 2.21. The molecule has 0 saturated carbocycles. The minimum Gasteiger partial charge on any atom is -0.504 e. The fourth-order valence-electron chi connectivity index (χ4n) is 1.22. The van der Waals surface area contributed by atoms with Gasteiger partial charge in [0, 0.05) is 0 Å². The van der Waals surface area contributed by atoms with Crippen molar-refractivity contribution in [2.75, 3.05) is 0 Å². The molecule has 0 heterocycles. The zero-order valence-corrected chi connectivity index (χ0v) is 10.3. The Kier molecular flexibility index (Phi) is 3.80. The number of hydrogen-bond donors (Lipinski definition) is 2. The van der Waals surface area contributed by atoms with Crippen molar-refractivity contribution in [3.05, 3.63) is 17.7 Å². The second kappa shape index (κ2) is 4.95. The maximum atomic E-state index is 11.7. The fraction of sp³-hybridized carbons (Fsp3) is 0.333. The SMILES string of the molecule is CC(C)(C)OC(=O)c1cc(O)c(OC=O)c(O)c1. The molecule has 0 atom stereocenters. The second-order valence-corrected chi connectivity index (χ2v) is 4.56. The zero-order chi connectivity index (χ0) is 13.9. The lowest BCUT2D eigenvalue weighted by Gasteiger charge is -2.19. The summed E-state index contributed by atoms with van der Waals surface area (Å²) in [5, 5.41) is 19.0. The second-order valence-electron chi connectivity index (χ2n) is 4.56. The average molecular weight is 254 g/mol. The maximum absolute atomic E-state index is 11.7. The molecular weight excluding hydrogens is 240 g/mol. The number of aromatic hydroxyl groups is 2. The molecular formula is C12H14O6. The molecule has 0 radical (unpaired) electrons. The van der Waals surface area contributed by atoms with Gasteiger partial charge in [-0.15, -0.1) is 0 Å². The molecule has 0 unspecified atom stereocenters. The van der Waals surface area contributed by atoms with Crippen molar-refractivity contribution in [2.45, 2.75) is 26.4 Å². The maximum Gasteiger partial charge on any atom is 0.338 e. The van der Waals surface area contributed by atoms with E-state index in [9.17, 15) is 19.8 Å². The van der Waals surface area contributed by atoms with Crippen molar-refractivity contribution in [3.8, 4) is 17.2 Å². The number of phenolic OH excluding ortho intramolecular Hbond substituents is 2. The number of carbonyl (C=O) groups is 2. The smallest absolute Gasteiger partial charge is 0.338 e. The molecule has 0 aromatic heterocycles. The lowest BCUT2D eigenvalue weighted by molar-refractivity contribution is -0.120. The van der Waals surface area contributed by atoms with Crippen molar-refractivity contribution in [2.24, 2.45) is 0 Å². The van der Waals surface area contributed by atoms with Crippen molar-refractivity contribution in [1.82, 2.24) is 0 Å². The molecule has 98 valence electrons. The van der Waals surface area contributed by atoms with Crippen LogP contribution in [-0.2, 0) is 9.53 Å². The van der Waals surface area contributed by atoms with E-state index in [2.05, 4.69) is 4.74 Å². The van der Waals surface area contributed by atoms with Gasteiger partial charge in [0.2, 0.25) is 5.75 Å². The molecule has 6 nitrogen and oxygen atoms in total. The normalized spacial score (nSPS) is 10.8. The Balaban J connectivity index is 3.06. The summed E-state index contributed by atoms with van der Waals surface area (Å²) in [4.78, 5) is 21.8. The van der Waals surface area contributed by atoms with E-state index < -0.39 is 28.8 Å². The van der Waals surface area contributed by atoms with Crippen LogP contribution >= 0.6 is 0 Å². The first-order valence-electron chi connectivity index (χ1n) is 5.14. The third-order valence-electron chi connectivity index (χ3n) is 1.85. The van der Waals surface area contributed by atoms with E-state index in [-0.39, 0.29) is 12.0 Å². The monoisotopic (exact) mass is 254 g/mol. The molecule has 1 aromatic rings. The van der Waals surface area contributed by atoms with Crippen LogP contribution in [0.3, 0.4) is 0 Å². The van der Waals surface area contributed by atoms with Crippen LogP contribution in [0.1, 0.15) is 31.1 Å². The van der Waals surface area contributed by atoms with Crippen LogP contribution < -0.4 is 4.74 Å². The van der Waals surface area contributed by atoms with Gasteiger partial charge in [0.15, 0.2) is 11.5 Å². The number of phenols is 2. The molecule has 6 heteroatoms. The molecule has 0 saturated heterocycles. The Morgan fingerprint density at radius 1 is 1.22 bits per heavy atom. The number of hydrogen-bond acceptors (Lipinski definition) is 6. The highest BCUT2D eigenvalue weighted by molar-refractivity contribution is 5.91. The molecule has 18 heavy (non-hydrogen) atoms. The third-order valence-corrected chi connectivity index (χ3v) is 1.85. The standard InChI is InChI=1S/C12H14O6/c1-12(2,3)18-11(16)7-4-8(14)10(17-6-13)9(15)5-7/h4-6,14-15H,1-3H3. The Hall–Kier alpha value is -2.24. The van der Waals surface area contributed by atoms with Crippen molar-refractivity contribution in [1.29, 1.82) is 0 Å². The van der Waals surface area contributed by atoms with Gasteiger partial charge in [0.25, 0.3) is 6.47 Å². The lowest BCUT2D eigenvalue weighted by atomic mass is 10.1. The summed E-state index contributed by atoms with van der Waals surface area (Å²) in [7, 11) is 0. The van der Waals surface area contributed by atoms with Gasteiger partial charge in [-0.2, -0.15) is 0 Å². The minimum absolute atomic E-state index is 0.0434. The molecule has 0 aliphatic rings. The van der Waals surface area contributed by atoms with Gasteiger partial charge in [0.1, 0.15) is 5.60 Å². The Morgan fingerprint density at radius 3 is 2.11 bits per heavy atom. The summed E-state index contributed by atoms with van der Waals surface area (Å²) in [6, 6.07) is 2.10. The first kappa shape index (κ1) is 13.8. The first-order valence-corrected chi connectivity index (χ1v) is 5.14. The highest BCUT2D eigenvalue weighted by atomic mass is 16.6. The summed E-state index contributed by atoms with van der Waals surface area (Å²) in [5.41, 5.74) is -0.738. The van der Waals surface area contributed by atoms with Gasteiger partial charge in [-0.3, -0.25) is 4.79 Å². The molecule has 2 N–H and O–H groups in total. The van der Waals surface area contributed by atoms with E-state index in [0.29, 0.717) is 0 Å². The van der Waals surface area contributed by atoms with Crippen molar-refractivity contribution >= 4 is 12.4 Å². The number of ether oxygens (including phenoxy) is 2. The van der Waals surface area contributed by atoms with E-state index in [0.717, 1.165) is 12.1 Å². The summed E-state index contributed by atoms with van der Waals surface area (Å²) in [6.07, 6.45) is 0. The summed E-state index contributed by atoms with van der Waals surface area (Å²) < 4.78 is 9.43. The molecule has 0 aliphatic heterocycles. The summed E-state index contributed by atoms with van der Waals surface area (Å²) in [6.45, 7) is 5.12. The molecule has 0 aliphatic carbocycles. The van der Waals surface area contributed by atoms with E-state index in [4.69, 9.17) is 4.74 Å².